The van der Waals surface area contributed by atoms with E-state index in [1.807, 2.05) is 0 Å². The van der Waals surface area contributed by atoms with E-state index < -0.39 is 0 Å². The number of phenols is 1. The molecule has 1 aliphatic rings. The summed E-state index contributed by atoms with van der Waals surface area (Å²) >= 11 is 5.95. The Morgan fingerprint density at radius 2 is 2.36 bits per heavy atom. The summed E-state index contributed by atoms with van der Waals surface area (Å²) in [6.45, 7) is 0.504. The van der Waals surface area contributed by atoms with Crippen molar-refractivity contribution in [2.24, 2.45) is 5.73 Å². The number of ether oxygens (including phenoxy) is 1. The summed E-state index contributed by atoms with van der Waals surface area (Å²) < 4.78 is 5.21. The summed E-state index contributed by atoms with van der Waals surface area (Å²) in [6, 6.07) is 1.49. The highest BCUT2D eigenvalue weighted by molar-refractivity contribution is 6.32. The van der Waals surface area contributed by atoms with Crippen LogP contribution < -0.4 is 10.5 Å². The molecule has 0 radical (unpaired) electrons. The second-order valence-electron chi connectivity index (χ2n) is 3.07. The summed E-state index contributed by atoms with van der Waals surface area (Å²) in [5.74, 6) is 0.0554. The standard InChI is InChI=1S/C9H9ClN2O2/c10-6-3-5(9(11)12)7(13)8-4(6)1-2-14-8/h3,13H,1-2H2,(H3,11,12). The Kier molecular flexibility index (Phi) is 2.00. The van der Waals surface area contributed by atoms with Crippen LogP contribution in [0, 0.1) is 5.41 Å². The van der Waals surface area contributed by atoms with E-state index in [-0.39, 0.29) is 17.1 Å². The van der Waals surface area contributed by atoms with Crippen LogP contribution in [0.2, 0.25) is 5.02 Å². The minimum Gasteiger partial charge on any atom is -0.504 e. The van der Waals surface area contributed by atoms with Crippen LogP contribution in [0.5, 0.6) is 11.5 Å². The molecule has 74 valence electrons. The predicted octanol–water partition coefficient (Wildman–Crippen LogP) is 1.26. The first-order chi connectivity index (χ1) is 6.61. The summed E-state index contributed by atoms with van der Waals surface area (Å²) in [4.78, 5) is 0. The highest BCUT2D eigenvalue weighted by atomic mass is 35.5. The Morgan fingerprint density at radius 1 is 1.64 bits per heavy atom. The van der Waals surface area contributed by atoms with Crippen molar-refractivity contribution in [3.8, 4) is 11.5 Å². The molecule has 1 aliphatic heterocycles. The van der Waals surface area contributed by atoms with Crippen LogP contribution in [0.1, 0.15) is 11.1 Å². The van der Waals surface area contributed by atoms with E-state index in [9.17, 15) is 5.11 Å². The lowest BCUT2D eigenvalue weighted by Crippen LogP contribution is -2.11. The smallest absolute Gasteiger partial charge is 0.169 e. The Morgan fingerprint density at radius 3 is 3.00 bits per heavy atom. The zero-order chi connectivity index (χ0) is 10.3. The van der Waals surface area contributed by atoms with E-state index in [1.165, 1.54) is 6.07 Å². The lowest BCUT2D eigenvalue weighted by molar-refractivity contribution is 0.334. The van der Waals surface area contributed by atoms with Crippen molar-refractivity contribution in [1.29, 1.82) is 5.41 Å². The molecule has 2 rings (SSSR count). The van der Waals surface area contributed by atoms with E-state index >= 15 is 0 Å². The number of rotatable bonds is 1. The molecule has 5 heteroatoms. The minimum atomic E-state index is -0.220. The number of aromatic hydroxyl groups is 1. The molecule has 4 nitrogen and oxygen atoms in total. The maximum atomic E-state index is 9.70. The number of hydrogen-bond donors (Lipinski definition) is 3. The van der Waals surface area contributed by atoms with E-state index in [2.05, 4.69) is 0 Å². The molecular formula is C9H9ClN2O2. The molecule has 14 heavy (non-hydrogen) atoms. The highest BCUT2D eigenvalue weighted by Crippen LogP contribution is 2.41. The summed E-state index contributed by atoms with van der Waals surface area (Å²) in [5, 5.41) is 17.4. The molecule has 0 amide bonds. The lowest BCUT2D eigenvalue weighted by Gasteiger charge is -2.08. The van der Waals surface area contributed by atoms with Gasteiger partial charge in [-0.3, -0.25) is 5.41 Å². The normalized spacial score (nSPS) is 13.5. The fourth-order valence-corrected chi connectivity index (χ4v) is 1.79. The second kappa shape index (κ2) is 3.06. The van der Waals surface area contributed by atoms with Crippen LogP contribution >= 0.6 is 11.6 Å². The van der Waals surface area contributed by atoms with E-state index in [4.69, 9.17) is 27.5 Å². The average Bonchev–Trinajstić information content (AvgIpc) is 2.59. The molecule has 0 fully saturated rings. The van der Waals surface area contributed by atoms with E-state index in [1.54, 1.807) is 0 Å². The largest absolute Gasteiger partial charge is 0.504 e. The molecule has 0 aliphatic carbocycles. The van der Waals surface area contributed by atoms with Gasteiger partial charge in [-0.15, -0.1) is 0 Å². The quantitative estimate of drug-likeness (QED) is 0.484. The summed E-state index contributed by atoms with van der Waals surface area (Å²) in [6.07, 6.45) is 0.680. The van der Waals surface area contributed by atoms with Gasteiger partial charge in [0.25, 0.3) is 0 Å². The molecule has 0 atom stereocenters. The van der Waals surface area contributed by atoms with Crippen molar-refractivity contribution in [3.63, 3.8) is 0 Å². The number of amidine groups is 1. The molecule has 0 unspecified atom stereocenters. The molecule has 0 saturated carbocycles. The predicted molar refractivity (Wildman–Crippen MR) is 53.3 cm³/mol. The van der Waals surface area contributed by atoms with Crippen LogP contribution in [-0.4, -0.2) is 17.5 Å². The Bertz CT molecular complexity index is 418. The van der Waals surface area contributed by atoms with E-state index in [0.717, 1.165) is 5.56 Å². The lowest BCUT2D eigenvalue weighted by atomic mass is 10.1. The fourth-order valence-electron chi connectivity index (χ4n) is 1.50. The number of nitrogen functional groups attached to an aromatic ring is 1. The van der Waals surface area contributed by atoms with Crippen molar-refractivity contribution in [2.45, 2.75) is 6.42 Å². The van der Waals surface area contributed by atoms with Crippen LogP contribution in [0.15, 0.2) is 6.07 Å². The number of hydrogen-bond acceptors (Lipinski definition) is 3. The van der Waals surface area contributed by atoms with Crippen molar-refractivity contribution < 1.29 is 9.84 Å². The fraction of sp³-hybridized carbons (Fsp3) is 0.222. The van der Waals surface area contributed by atoms with Crippen molar-refractivity contribution in [1.82, 2.24) is 0 Å². The number of nitrogens with one attached hydrogen (secondary N) is 1. The average molecular weight is 213 g/mol. The second-order valence-corrected chi connectivity index (χ2v) is 3.48. The van der Waals surface area contributed by atoms with Gasteiger partial charge in [0.2, 0.25) is 0 Å². The van der Waals surface area contributed by atoms with Gasteiger partial charge in [-0.25, -0.2) is 0 Å². The topological polar surface area (TPSA) is 79.3 Å². The first kappa shape index (κ1) is 9.15. The monoisotopic (exact) mass is 212 g/mol. The zero-order valence-electron chi connectivity index (χ0n) is 7.30. The van der Waals surface area contributed by atoms with Crippen LogP contribution in [0.25, 0.3) is 0 Å². The first-order valence-electron chi connectivity index (χ1n) is 4.12. The Balaban J connectivity index is 2.68. The summed E-state index contributed by atoms with van der Waals surface area (Å²) in [5.41, 5.74) is 6.29. The molecule has 0 saturated heterocycles. The number of nitrogens with two attached hydrogens (primary N) is 1. The molecule has 0 spiro atoms. The van der Waals surface area contributed by atoms with Crippen molar-refractivity contribution >= 4 is 17.4 Å². The molecular weight excluding hydrogens is 204 g/mol. The third-order valence-electron chi connectivity index (χ3n) is 2.19. The minimum absolute atomic E-state index is 0.0885. The Labute approximate surface area is 85.8 Å². The SMILES string of the molecule is N=C(N)c1cc(Cl)c2c(c1O)OCC2. The van der Waals surface area contributed by atoms with Gasteiger partial charge in [0.1, 0.15) is 5.84 Å². The van der Waals surface area contributed by atoms with Gasteiger partial charge in [-0.05, 0) is 6.07 Å². The van der Waals surface area contributed by atoms with Gasteiger partial charge in [0.05, 0.1) is 12.2 Å². The third-order valence-corrected chi connectivity index (χ3v) is 2.53. The molecule has 1 heterocycles. The number of halogens is 1. The third kappa shape index (κ3) is 1.19. The van der Waals surface area contributed by atoms with Crippen molar-refractivity contribution in [3.05, 3.63) is 22.2 Å². The maximum absolute atomic E-state index is 9.70. The van der Waals surface area contributed by atoms with Gasteiger partial charge < -0.3 is 15.6 Å². The van der Waals surface area contributed by atoms with Gasteiger partial charge in [0.15, 0.2) is 11.5 Å². The van der Waals surface area contributed by atoms with Gasteiger partial charge in [0, 0.05) is 17.0 Å². The molecule has 1 aromatic rings. The number of fused-ring (bicyclic) bond motifs is 1. The molecule has 0 aromatic heterocycles. The first-order valence-corrected chi connectivity index (χ1v) is 4.50. The van der Waals surface area contributed by atoms with E-state index in [0.29, 0.717) is 23.8 Å². The van der Waals surface area contributed by atoms with Crippen molar-refractivity contribution in [2.75, 3.05) is 6.61 Å². The van der Waals surface area contributed by atoms with Crippen LogP contribution in [0.3, 0.4) is 0 Å². The summed E-state index contributed by atoms with van der Waals surface area (Å²) in [7, 11) is 0. The van der Waals surface area contributed by atoms with Gasteiger partial charge >= 0.3 is 0 Å². The van der Waals surface area contributed by atoms with Gasteiger partial charge in [-0.2, -0.15) is 0 Å². The van der Waals surface area contributed by atoms with Crippen LogP contribution in [-0.2, 0) is 6.42 Å². The molecule has 0 bridgehead atoms. The Hall–Kier alpha value is -1.42. The van der Waals surface area contributed by atoms with Crippen LogP contribution in [0.4, 0.5) is 0 Å². The molecule has 4 N–H and O–H groups in total. The van der Waals surface area contributed by atoms with Gasteiger partial charge in [-0.1, -0.05) is 11.6 Å². The highest BCUT2D eigenvalue weighted by Gasteiger charge is 2.23. The zero-order valence-corrected chi connectivity index (χ0v) is 8.06. The maximum Gasteiger partial charge on any atom is 0.169 e. The molecule has 1 aromatic carbocycles. The number of benzene rings is 1. The number of phenolic OH excluding ortho intramolecular Hbond substituents is 1.